The van der Waals surface area contributed by atoms with Crippen molar-refractivity contribution in [2.45, 2.75) is 13.3 Å². The van der Waals surface area contributed by atoms with E-state index < -0.39 is 11.9 Å². The molecule has 2 amide bonds. The maximum atomic E-state index is 12.5. The maximum Gasteiger partial charge on any atom is 0.337 e. The van der Waals surface area contributed by atoms with Crippen molar-refractivity contribution in [2.75, 3.05) is 23.9 Å². The Bertz CT molecular complexity index is 828. The van der Waals surface area contributed by atoms with Gasteiger partial charge in [-0.3, -0.25) is 9.59 Å². The van der Waals surface area contributed by atoms with Crippen LogP contribution in [0.25, 0.3) is 0 Å². The number of amides is 2. The lowest BCUT2D eigenvalue weighted by molar-refractivity contribution is -0.122. The van der Waals surface area contributed by atoms with Crippen LogP contribution in [0.15, 0.2) is 48.5 Å². The number of rotatable bonds is 4. The predicted octanol–water partition coefficient (Wildman–Crippen LogP) is 2.77. The van der Waals surface area contributed by atoms with Crippen LogP contribution in [-0.4, -0.2) is 31.4 Å². The van der Waals surface area contributed by atoms with Crippen molar-refractivity contribution in [3.05, 3.63) is 59.7 Å². The van der Waals surface area contributed by atoms with Crippen LogP contribution >= 0.6 is 0 Å². The van der Waals surface area contributed by atoms with Crippen LogP contribution in [0.5, 0.6) is 0 Å². The molecule has 2 aromatic carbocycles. The third kappa shape index (κ3) is 3.74. The molecule has 1 fully saturated rings. The maximum absolute atomic E-state index is 12.5. The number of methoxy groups -OCH3 is 1. The van der Waals surface area contributed by atoms with Crippen molar-refractivity contribution in [2.24, 2.45) is 5.92 Å². The van der Waals surface area contributed by atoms with Gasteiger partial charge in [-0.1, -0.05) is 17.7 Å². The Morgan fingerprint density at radius 1 is 1.08 bits per heavy atom. The van der Waals surface area contributed by atoms with Crippen molar-refractivity contribution in [3.63, 3.8) is 0 Å². The molecule has 0 aliphatic carbocycles. The smallest absolute Gasteiger partial charge is 0.337 e. The normalized spacial score (nSPS) is 16.5. The van der Waals surface area contributed by atoms with E-state index in [1.807, 2.05) is 31.2 Å². The number of aryl methyl sites for hydroxylation is 1. The summed E-state index contributed by atoms with van der Waals surface area (Å²) >= 11 is 0. The van der Waals surface area contributed by atoms with E-state index >= 15 is 0 Å². The number of hydrogen-bond acceptors (Lipinski definition) is 4. The van der Waals surface area contributed by atoms with Crippen LogP contribution in [-0.2, 0) is 14.3 Å². The number of hydrogen-bond donors (Lipinski definition) is 1. The van der Waals surface area contributed by atoms with Crippen LogP contribution in [0.1, 0.15) is 22.3 Å². The van der Waals surface area contributed by atoms with Crippen molar-refractivity contribution >= 4 is 29.2 Å². The highest BCUT2D eigenvalue weighted by Crippen LogP contribution is 2.26. The van der Waals surface area contributed by atoms with Crippen molar-refractivity contribution in [3.8, 4) is 0 Å². The first-order valence-corrected chi connectivity index (χ1v) is 8.34. The summed E-state index contributed by atoms with van der Waals surface area (Å²) in [5.41, 5.74) is 2.90. The highest BCUT2D eigenvalue weighted by atomic mass is 16.5. The third-order valence-electron chi connectivity index (χ3n) is 4.42. The number of benzene rings is 2. The zero-order chi connectivity index (χ0) is 18.7. The van der Waals surface area contributed by atoms with Gasteiger partial charge in [-0.2, -0.15) is 0 Å². The van der Waals surface area contributed by atoms with Gasteiger partial charge in [-0.25, -0.2) is 4.79 Å². The fourth-order valence-corrected chi connectivity index (χ4v) is 2.91. The summed E-state index contributed by atoms with van der Waals surface area (Å²) in [5.74, 6) is -1.13. The standard InChI is InChI=1S/C20H20N2O4/c1-13-3-7-16(8-4-13)21-19(24)15-11-18(23)22(12-15)17-9-5-14(6-10-17)20(25)26-2/h3-10,15H,11-12H2,1-2H3,(H,21,24). The van der Waals surface area contributed by atoms with Crippen molar-refractivity contribution < 1.29 is 19.1 Å². The summed E-state index contributed by atoms with van der Waals surface area (Å²) in [7, 11) is 1.32. The van der Waals surface area contributed by atoms with E-state index in [9.17, 15) is 14.4 Å². The first-order chi connectivity index (χ1) is 12.5. The average Bonchev–Trinajstić information content (AvgIpc) is 3.05. The van der Waals surface area contributed by atoms with Gasteiger partial charge in [0, 0.05) is 24.3 Å². The Morgan fingerprint density at radius 3 is 2.35 bits per heavy atom. The van der Waals surface area contributed by atoms with Gasteiger partial charge in [-0.15, -0.1) is 0 Å². The summed E-state index contributed by atoms with van der Waals surface area (Å²) in [4.78, 5) is 37.8. The molecule has 1 aliphatic heterocycles. The second-order valence-electron chi connectivity index (χ2n) is 6.30. The molecule has 0 radical (unpaired) electrons. The minimum atomic E-state index is -0.431. The third-order valence-corrected chi connectivity index (χ3v) is 4.42. The van der Waals surface area contributed by atoms with Crippen LogP contribution < -0.4 is 10.2 Å². The van der Waals surface area contributed by atoms with Gasteiger partial charge in [-0.05, 0) is 43.3 Å². The zero-order valence-corrected chi connectivity index (χ0v) is 14.7. The van der Waals surface area contributed by atoms with Crippen LogP contribution in [0.4, 0.5) is 11.4 Å². The van der Waals surface area contributed by atoms with E-state index in [0.29, 0.717) is 23.5 Å². The molecule has 0 bridgehead atoms. The topological polar surface area (TPSA) is 75.7 Å². The SMILES string of the molecule is COC(=O)c1ccc(N2CC(C(=O)Nc3ccc(C)cc3)CC2=O)cc1. The molecule has 26 heavy (non-hydrogen) atoms. The Morgan fingerprint density at radius 2 is 1.73 bits per heavy atom. The van der Waals surface area contributed by atoms with E-state index in [2.05, 4.69) is 10.1 Å². The molecule has 1 N–H and O–H groups in total. The Balaban J connectivity index is 1.67. The minimum absolute atomic E-state index is 0.111. The molecule has 6 nitrogen and oxygen atoms in total. The molecule has 2 aromatic rings. The molecule has 0 saturated carbocycles. The zero-order valence-electron chi connectivity index (χ0n) is 14.7. The van der Waals surface area contributed by atoms with Gasteiger partial charge in [0.25, 0.3) is 0 Å². The predicted molar refractivity (Wildman–Crippen MR) is 98.1 cm³/mol. The summed E-state index contributed by atoms with van der Waals surface area (Å²) in [6.07, 6.45) is 0.163. The molecule has 3 rings (SSSR count). The van der Waals surface area contributed by atoms with E-state index in [1.165, 1.54) is 7.11 Å². The van der Waals surface area contributed by atoms with Crippen molar-refractivity contribution in [1.82, 2.24) is 0 Å². The van der Waals surface area contributed by atoms with Gasteiger partial charge in [0.2, 0.25) is 11.8 Å². The first kappa shape index (κ1) is 17.7. The summed E-state index contributed by atoms with van der Waals surface area (Å²) in [6, 6.07) is 14.1. The molecular formula is C20H20N2O4. The lowest BCUT2D eigenvalue weighted by Crippen LogP contribution is -2.28. The van der Waals surface area contributed by atoms with Gasteiger partial charge in [0.05, 0.1) is 18.6 Å². The number of nitrogens with one attached hydrogen (secondary N) is 1. The largest absolute Gasteiger partial charge is 0.465 e. The van der Waals surface area contributed by atoms with E-state index in [1.54, 1.807) is 29.2 Å². The Kier molecular flexibility index (Phi) is 5.02. The monoisotopic (exact) mass is 352 g/mol. The lowest BCUT2D eigenvalue weighted by atomic mass is 10.1. The number of nitrogens with zero attached hydrogens (tertiary/aromatic N) is 1. The highest BCUT2D eigenvalue weighted by Gasteiger charge is 2.35. The van der Waals surface area contributed by atoms with Gasteiger partial charge < -0.3 is 15.0 Å². The van der Waals surface area contributed by atoms with Crippen LogP contribution in [0, 0.1) is 12.8 Å². The summed E-state index contributed by atoms with van der Waals surface area (Å²) < 4.78 is 4.66. The quantitative estimate of drug-likeness (QED) is 0.859. The lowest BCUT2D eigenvalue weighted by Gasteiger charge is -2.17. The fourth-order valence-electron chi connectivity index (χ4n) is 2.91. The Hall–Kier alpha value is -3.15. The molecule has 1 aliphatic rings. The van der Waals surface area contributed by atoms with E-state index in [4.69, 9.17) is 0 Å². The number of ether oxygens (including phenoxy) is 1. The number of anilines is 2. The summed E-state index contributed by atoms with van der Waals surface area (Å²) in [6.45, 7) is 2.29. The first-order valence-electron chi connectivity index (χ1n) is 8.34. The van der Waals surface area contributed by atoms with Crippen LogP contribution in [0.3, 0.4) is 0 Å². The minimum Gasteiger partial charge on any atom is -0.465 e. The molecule has 1 saturated heterocycles. The molecule has 0 spiro atoms. The van der Waals surface area contributed by atoms with E-state index in [-0.39, 0.29) is 18.2 Å². The molecule has 134 valence electrons. The second-order valence-corrected chi connectivity index (χ2v) is 6.30. The number of esters is 1. The van der Waals surface area contributed by atoms with Crippen LogP contribution in [0.2, 0.25) is 0 Å². The number of carbonyl (C=O) groups is 3. The molecule has 6 heteroatoms. The van der Waals surface area contributed by atoms with Crippen molar-refractivity contribution in [1.29, 1.82) is 0 Å². The molecule has 1 atom stereocenters. The molecule has 1 unspecified atom stereocenters. The van der Waals surface area contributed by atoms with E-state index in [0.717, 1.165) is 5.56 Å². The molecular weight excluding hydrogens is 332 g/mol. The summed E-state index contributed by atoms with van der Waals surface area (Å²) in [5, 5.41) is 2.86. The van der Waals surface area contributed by atoms with Gasteiger partial charge in [0.1, 0.15) is 0 Å². The Labute approximate surface area is 151 Å². The second kappa shape index (κ2) is 7.39. The molecule has 0 aromatic heterocycles. The fraction of sp³-hybridized carbons (Fsp3) is 0.250. The average molecular weight is 352 g/mol. The molecule has 1 heterocycles. The highest BCUT2D eigenvalue weighted by molar-refractivity contribution is 6.03. The van der Waals surface area contributed by atoms with Gasteiger partial charge >= 0.3 is 5.97 Å². The number of carbonyl (C=O) groups excluding carboxylic acids is 3. The van der Waals surface area contributed by atoms with Gasteiger partial charge in [0.15, 0.2) is 0 Å².